The predicted molar refractivity (Wildman–Crippen MR) is 66.2 cm³/mol. The van der Waals surface area contributed by atoms with E-state index in [-0.39, 0.29) is 11.3 Å². The lowest BCUT2D eigenvalue weighted by atomic mass is 10.1. The fourth-order valence-electron chi connectivity index (χ4n) is 1.72. The maximum absolute atomic E-state index is 12.9. The first kappa shape index (κ1) is 13.1. The number of hydrogen-bond acceptors (Lipinski definition) is 4. The molecule has 0 unspecified atom stereocenters. The Balaban J connectivity index is 2.64. The van der Waals surface area contributed by atoms with E-state index in [0.29, 0.717) is 11.5 Å². The third-order valence-corrected chi connectivity index (χ3v) is 2.78. The number of phenols is 1. The summed E-state index contributed by atoms with van der Waals surface area (Å²) >= 11 is 0. The number of aromatic nitrogens is 2. The van der Waals surface area contributed by atoms with E-state index in [1.807, 2.05) is 0 Å². The van der Waals surface area contributed by atoms with Gasteiger partial charge in [-0.05, 0) is 12.1 Å². The van der Waals surface area contributed by atoms with Crippen molar-refractivity contribution >= 4 is 5.82 Å². The molecule has 0 atom stereocenters. The van der Waals surface area contributed by atoms with Gasteiger partial charge in [-0.15, -0.1) is 0 Å². The highest BCUT2D eigenvalue weighted by Gasteiger charge is 2.20. The van der Waals surface area contributed by atoms with E-state index in [4.69, 9.17) is 10.5 Å². The molecule has 0 saturated carbocycles. The number of phenolic OH excluding ortho intramolecular Hbond substituents is 1. The molecule has 0 aliphatic carbocycles. The standard InChI is InChI=1S/C12H13F2N3O2/c1-17-10(15)5-9(16-17)7-3-6(19-2)4-8(11(7)18)12(13)14/h3-5,12,18H,15H2,1-2H3. The molecule has 1 aromatic carbocycles. The summed E-state index contributed by atoms with van der Waals surface area (Å²) in [7, 11) is 2.97. The summed E-state index contributed by atoms with van der Waals surface area (Å²) in [6, 6.07) is 4.02. The van der Waals surface area contributed by atoms with Crippen LogP contribution in [0.5, 0.6) is 11.5 Å². The van der Waals surface area contributed by atoms with Gasteiger partial charge in [0, 0.05) is 18.7 Å². The summed E-state index contributed by atoms with van der Waals surface area (Å²) in [6.07, 6.45) is -2.81. The van der Waals surface area contributed by atoms with Crippen LogP contribution in [0.3, 0.4) is 0 Å². The first-order valence-corrected chi connectivity index (χ1v) is 5.43. The number of benzene rings is 1. The molecule has 3 N–H and O–H groups in total. The van der Waals surface area contributed by atoms with Crippen LogP contribution in [0, 0.1) is 0 Å². The molecule has 2 aromatic rings. The van der Waals surface area contributed by atoms with Gasteiger partial charge in [0.2, 0.25) is 0 Å². The third-order valence-electron chi connectivity index (χ3n) is 2.78. The molecular weight excluding hydrogens is 256 g/mol. The second-order valence-corrected chi connectivity index (χ2v) is 3.99. The number of methoxy groups -OCH3 is 1. The number of halogens is 2. The number of ether oxygens (including phenoxy) is 1. The van der Waals surface area contributed by atoms with Gasteiger partial charge in [-0.1, -0.05) is 0 Å². The lowest BCUT2D eigenvalue weighted by Gasteiger charge is -2.10. The highest BCUT2D eigenvalue weighted by molar-refractivity contribution is 5.72. The molecule has 102 valence electrons. The van der Waals surface area contributed by atoms with Gasteiger partial charge in [0.15, 0.2) is 0 Å². The SMILES string of the molecule is COc1cc(-c2cc(N)n(C)n2)c(O)c(C(F)F)c1. The van der Waals surface area contributed by atoms with Gasteiger partial charge in [0.25, 0.3) is 6.43 Å². The minimum atomic E-state index is -2.81. The van der Waals surface area contributed by atoms with Crippen LogP contribution < -0.4 is 10.5 Å². The Hall–Kier alpha value is -2.31. The second kappa shape index (κ2) is 4.75. The molecule has 0 radical (unpaired) electrons. The summed E-state index contributed by atoms with van der Waals surface area (Å²) in [4.78, 5) is 0. The van der Waals surface area contributed by atoms with Crippen molar-refractivity contribution in [3.63, 3.8) is 0 Å². The zero-order valence-corrected chi connectivity index (χ0v) is 10.4. The third kappa shape index (κ3) is 2.31. The van der Waals surface area contributed by atoms with E-state index in [1.165, 1.54) is 23.9 Å². The molecule has 0 aliphatic rings. The molecule has 7 heteroatoms. The van der Waals surface area contributed by atoms with Gasteiger partial charge in [-0.25, -0.2) is 8.78 Å². The Morgan fingerprint density at radius 1 is 1.37 bits per heavy atom. The fourth-order valence-corrected chi connectivity index (χ4v) is 1.72. The molecule has 19 heavy (non-hydrogen) atoms. The molecule has 2 rings (SSSR count). The van der Waals surface area contributed by atoms with Crippen LogP contribution in [0.2, 0.25) is 0 Å². The number of aryl methyl sites for hydroxylation is 1. The molecule has 1 aromatic heterocycles. The van der Waals surface area contributed by atoms with Crippen molar-refractivity contribution < 1.29 is 18.6 Å². The van der Waals surface area contributed by atoms with Crippen LogP contribution in [0.1, 0.15) is 12.0 Å². The average molecular weight is 269 g/mol. The van der Waals surface area contributed by atoms with E-state index >= 15 is 0 Å². The van der Waals surface area contributed by atoms with Crippen molar-refractivity contribution in [2.45, 2.75) is 6.43 Å². The van der Waals surface area contributed by atoms with Crippen LogP contribution in [0.25, 0.3) is 11.3 Å². The van der Waals surface area contributed by atoms with Gasteiger partial charge in [-0.2, -0.15) is 5.10 Å². The first-order valence-electron chi connectivity index (χ1n) is 5.43. The number of nitrogens with zero attached hydrogens (tertiary/aromatic N) is 2. The van der Waals surface area contributed by atoms with Gasteiger partial charge in [0.05, 0.1) is 18.4 Å². The lowest BCUT2D eigenvalue weighted by Crippen LogP contribution is -1.97. The van der Waals surface area contributed by atoms with Crippen LogP contribution in [-0.2, 0) is 7.05 Å². The highest BCUT2D eigenvalue weighted by atomic mass is 19.3. The van der Waals surface area contributed by atoms with Gasteiger partial charge >= 0.3 is 0 Å². The molecule has 0 bridgehead atoms. The maximum Gasteiger partial charge on any atom is 0.267 e. The Morgan fingerprint density at radius 3 is 2.53 bits per heavy atom. The summed E-state index contributed by atoms with van der Waals surface area (Å²) in [5, 5.41) is 14.0. The molecule has 5 nitrogen and oxygen atoms in total. The minimum absolute atomic E-state index is 0.155. The van der Waals surface area contributed by atoms with Crippen molar-refractivity contribution in [1.29, 1.82) is 0 Å². The normalized spacial score (nSPS) is 11.0. The summed E-state index contributed by atoms with van der Waals surface area (Å²) in [5.41, 5.74) is 5.59. The molecule has 0 amide bonds. The number of alkyl halides is 2. The molecule has 0 spiro atoms. The van der Waals surface area contributed by atoms with Crippen LogP contribution in [0.15, 0.2) is 18.2 Å². The van der Waals surface area contributed by atoms with E-state index in [2.05, 4.69) is 5.10 Å². The van der Waals surface area contributed by atoms with Crippen molar-refractivity contribution in [2.24, 2.45) is 7.05 Å². The van der Waals surface area contributed by atoms with E-state index in [0.717, 1.165) is 6.07 Å². The zero-order valence-electron chi connectivity index (χ0n) is 10.4. The quantitative estimate of drug-likeness (QED) is 0.896. The van der Waals surface area contributed by atoms with Crippen LogP contribution in [-0.4, -0.2) is 22.0 Å². The summed E-state index contributed by atoms with van der Waals surface area (Å²) in [6.45, 7) is 0. The molecular formula is C12H13F2N3O2. The molecule has 0 aliphatic heterocycles. The molecule has 1 heterocycles. The number of rotatable bonds is 3. The monoisotopic (exact) mass is 269 g/mol. The van der Waals surface area contributed by atoms with Gasteiger partial charge < -0.3 is 15.6 Å². The second-order valence-electron chi connectivity index (χ2n) is 3.99. The number of nitrogen functional groups attached to an aromatic ring is 1. The van der Waals surface area contributed by atoms with Crippen LogP contribution in [0.4, 0.5) is 14.6 Å². The minimum Gasteiger partial charge on any atom is -0.507 e. The van der Waals surface area contributed by atoms with Crippen LogP contribution >= 0.6 is 0 Å². The first-order chi connectivity index (χ1) is 8.93. The number of hydrogen-bond donors (Lipinski definition) is 2. The van der Waals surface area contributed by atoms with E-state index in [9.17, 15) is 13.9 Å². The number of anilines is 1. The van der Waals surface area contributed by atoms with Gasteiger partial charge in [0.1, 0.15) is 17.3 Å². The topological polar surface area (TPSA) is 73.3 Å². The molecule has 0 fully saturated rings. The largest absolute Gasteiger partial charge is 0.507 e. The fraction of sp³-hybridized carbons (Fsp3) is 0.250. The van der Waals surface area contributed by atoms with Crippen molar-refractivity contribution in [2.75, 3.05) is 12.8 Å². The highest BCUT2D eigenvalue weighted by Crippen LogP contribution is 2.40. The van der Waals surface area contributed by atoms with Crippen molar-refractivity contribution in [3.05, 3.63) is 23.8 Å². The maximum atomic E-state index is 12.9. The van der Waals surface area contributed by atoms with Crippen molar-refractivity contribution in [1.82, 2.24) is 9.78 Å². The number of nitrogens with two attached hydrogens (primary N) is 1. The Labute approximate surface area is 108 Å². The Bertz CT molecular complexity index is 592. The Morgan fingerprint density at radius 2 is 2.05 bits per heavy atom. The van der Waals surface area contributed by atoms with Gasteiger partial charge in [-0.3, -0.25) is 4.68 Å². The zero-order chi connectivity index (χ0) is 14.2. The summed E-state index contributed by atoms with van der Waals surface area (Å²) in [5.74, 6) is 0.0528. The Kier molecular flexibility index (Phi) is 3.28. The summed E-state index contributed by atoms with van der Waals surface area (Å²) < 4.78 is 32.1. The average Bonchev–Trinajstić information content (AvgIpc) is 2.69. The lowest BCUT2D eigenvalue weighted by molar-refractivity contribution is 0.147. The molecule has 0 saturated heterocycles. The predicted octanol–water partition coefficient (Wildman–Crippen LogP) is 2.32. The van der Waals surface area contributed by atoms with E-state index in [1.54, 1.807) is 7.05 Å². The number of aromatic hydroxyl groups is 1. The van der Waals surface area contributed by atoms with E-state index < -0.39 is 17.7 Å². The smallest absolute Gasteiger partial charge is 0.267 e. The van der Waals surface area contributed by atoms with Crippen molar-refractivity contribution in [3.8, 4) is 22.8 Å².